The predicted molar refractivity (Wildman–Crippen MR) is 80.6 cm³/mol. The summed E-state index contributed by atoms with van der Waals surface area (Å²) < 4.78 is 0. The van der Waals surface area contributed by atoms with E-state index in [9.17, 15) is 4.79 Å². The van der Waals surface area contributed by atoms with Gasteiger partial charge in [0.1, 0.15) is 0 Å². The number of hydrogen-bond donors (Lipinski definition) is 1. The fourth-order valence-electron chi connectivity index (χ4n) is 2.06. The number of anilines is 1. The topological polar surface area (TPSA) is 64.3 Å². The maximum absolute atomic E-state index is 10.7. The SMILES string of the molecule is Cc1ccc(N(CCC#N)C(C)C)c(/C=C/C(=O)O)c1. The van der Waals surface area contributed by atoms with Crippen LogP contribution >= 0.6 is 0 Å². The van der Waals surface area contributed by atoms with E-state index >= 15 is 0 Å². The van der Waals surface area contributed by atoms with Gasteiger partial charge in [0.2, 0.25) is 0 Å². The lowest BCUT2D eigenvalue weighted by Gasteiger charge is -2.30. The summed E-state index contributed by atoms with van der Waals surface area (Å²) >= 11 is 0. The first-order valence-corrected chi connectivity index (χ1v) is 6.61. The molecule has 0 aromatic heterocycles. The van der Waals surface area contributed by atoms with Crippen LogP contribution in [0.4, 0.5) is 5.69 Å². The van der Waals surface area contributed by atoms with Crippen LogP contribution in [0.1, 0.15) is 31.4 Å². The molecule has 0 saturated heterocycles. The summed E-state index contributed by atoms with van der Waals surface area (Å²) in [6, 6.07) is 8.32. The van der Waals surface area contributed by atoms with Gasteiger partial charge in [-0.05, 0) is 44.5 Å². The van der Waals surface area contributed by atoms with E-state index in [-0.39, 0.29) is 6.04 Å². The van der Waals surface area contributed by atoms with Gasteiger partial charge in [-0.15, -0.1) is 0 Å². The van der Waals surface area contributed by atoms with Gasteiger partial charge < -0.3 is 10.0 Å². The molecule has 0 saturated carbocycles. The van der Waals surface area contributed by atoms with Gasteiger partial charge in [0, 0.05) is 24.4 Å². The molecule has 0 spiro atoms. The highest BCUT2D eigenvalue weighted by Crippen LogP contribution is 2.25. The molecule has 1 aromatic rings. The molecule has 0 aliphatic heterocycles. The molecule has 1 N–H and O–H groups in total. The second-order valence-electron chi connectivity index (χ2n) is 4.93. The zero-order valence-electron chi connectivity index (χ0n) is 12.1. The Balaban J connectivity index is 3.19. The highest BCUT2D eigenvalue weighted by molar-refractivity contribution is 5.87. The molecule has 106 valence electrons. The van der Waals surface area contributed by atoms with Crippen molar-refractivity contribution in [3.05, 3.63) is 35.4 Å². The van der Waals surface area contributed by atoms with E-state index in [1.165, 1.54) is 0 Å². The minimum atomic E-state index is -0.967. The Morgan fingerprint density at radius 1 is 1.50 bits per heavy atom. The van der Waals surface area contributed by atoms with E-state index in [2.05, 4.69) is 24.8 Å². The van der Waals surface area contributed by atoms with Crippen molar-refractivity contribution in [2.45, 2.75) is 33.2 Å². The quantitative estimate of drug-likeness (QED) is 0.807. The lowest BCUT2D eigenvalue weighted by molar-refractivity contribution is -0.131. The monoisotopic (exact) mass is 272 g/mol. The van der Waals surface area contributed by atoms with Crippen LogP contribution in [0, 0.1) is 18.3 Å². The number of aryl methyl sites for hydroxylation is 1. The molecule has 4 heteroatoms. The number of nitrogens with zero attached hydrogens (tertiary/aromatic N) is 2. The molecule has 0 unspecified atom stereocenters. The molecule has 0 aliphatic rings. The summed E-state index contributed by atoms with van der Waals surface area (Å²) in [6.07, 6.45) is 3.18. The van der Waals surface area contributed by atoms with Gasteiger partial charge in [-0.2, -0.15) is 5.26 Å². The van der Waals surface area contributed by atoms with E-state index in [0.717, 1.165) is 22.9 Å². The van der Waals surface area contributed by atoms with Gasteiger partial charge in [-0.1, -0.05) is 11.6 Å². The molecule has 4 nitrogen and oxygen atoms in total. The number of nitriles is 1. The Morgan fingerprint density at radius 2 is 2.20 bits per heavy atom. The average Bonchev–Trinajstić information content (AvgIpc) is 2.38. The smallest absolute Gasteiger partial charge is 0.328 e. The second-order valence-corrected chi connectivity index (χ2v) is 4.93. The summed E-state index contributed by atoms with van der Waals surface area (Å²) in [5.74, 6) is -0.967. The van der Waals surface area contributed by atoms with Gasteiger partial charge in [0.05, 0.1) is 12.5 Å². The molecule has 0 fully saturated rings. The number of benzene rings is 1. The first-order chi connectivity index (χ1) is 9.45. The molecule has 20 heavy (non-hydrogen) atoms. The van der Waals surface area contributed by atoms with Crippen LogP contribution in [0.3, 0.4) is 0 Å². The third kappa shape index (κ3) is 4.43. The Hall–Kier alpha value is -2.28. The van der Waals surface area contributed by atoms with Gasteiger partial charge in [-0.25, -0.2) is 4.79 Å². The number of aliphatic carboxylic acids is 1. The molecular weight excluding hydrogens is 252 g/mol. The largest absolute Gasteiger partial charge is 0.478 e. The lowest BCUT2D eigenvalue weighted by atomic mass is 10.1. The van der Waals surface area contributed by atoms with Crippen molar-refractivity contribution >= 4 is 17.7 Å². The zero-order valence-corrected chi connectivity index (χ0v) is 12.1. The van der Waals surface area contributed by atoms with Crippen LogP contribution in [-0.4, -0.2) is 23.7 Å². The summed E-state index contributed by atoms with van der Waals surface area (Å²) in [7, 11) is 0. The van der Waals surface area contributed by atoms with Crippen LogP contribution in [0.5, 0.6) is 0 Å². The van der Waals surface area contributed by atoms with E-state index in [1.807, 2.05) is 25.1 Å². The average molecular weight is 272 g/mol. The Labute approximate surface area is 119 Å². The van der Waals surface area contributed by atoms with Crippen LogP contribution < -0.4 is 4.90 Å². The lowest BCUT2D eigenvalue weighted by Crippen LogP contribution is -2.32. The standard InChI is InChI=1S/C16H20N2O2/c1-12(2)18(10-4-9-17)15-7-5-13(3)11-14(15)6-8-16(19)20/h5-8,11-12H,4,10H2,1-3H3,(H,19,20)/b8-6+. The molecule has 0 bridgehead atoms. The third-order valence-corrected chi connectivity index (χ3v) is 2.99. The minimum Gasteiger partial charge on any atom is -0.478 e. The number of rotatable bonds is 6. The van der Waals surface area contributed by atoms with Gasteiger partial charge in [-0.3, -0.25) is 0 Å². The Kier molecular flexibility index (Phi) is 5.79. The summed E-state index contributed by atoms with van der Waals surface area (Å²) in [5, 5.41) is 17.5. The molecule has 0 amide bonds. The maximum Gasteiger partial charge on any atom is 0.328 e. The van der Waals surface area contributed by atoms with Crippen LogP contribution in [0.15, 0.2) is 24.3 Å². The fraction of sp³-hybridized carbons (Fsp3) is 0.375. The van der Waals surface area contributed by atoms with E-state index in [4.69, 9.17) is 10.4 Å². The van der Waals surface area contributed by atoms with Gasteiger partial charge >= 0.3 is 5.97 Å². The minimum absolute atomic E-state index is 0.239. The van der Waals surface area contributed by atoms with Crippen molar-refractivity contribution in [3.8, 4) is 6.07 Å². The Bertz CT molecular complexity index is 542. The van der Waals surface area contributed by atoms with Gasteiger partial charge in [0.15, 0.2) is 0 Å². The molecule has 0 aliphatic carbocycles. The molecule has 1 rings (SSSR count). The maximum atomic E-state index is 10.7. The van der Waals surface area contributed by atoms with Crippen LogP contribution in [0.25, 0.3) is 6.08 Å². The zero-order chi connectivity index (χ0) is 15.1. The van der Waals surface area contributed by atoms with Crippen LogP contribution in [0.2, 0.25) is 0 Å². The van der Waals surface area contributed by atoms with E-state index in [0.29, 0.717) is 13.0 Å². The first kappa shape index (κ1) is 15.8. The van der Waals surface area contributed by atoms with Crippen molar-refractivity contribution in [1.82, 2.24) is 0 Å². The van der Waals surface area contributed by atoms with Crippen molar-refractivity contribution in [2.24, 2.45) is 0 Å². The van der Waals surface area contributed by atoms with Crippen LogP contribution in [-0.2, 0) is 4.79 Å². The van der Waals surface area contributed by atoms with Crippen molar-refractivity contribution in [2.75, 3.05) is 11.4 Å². The summed E-state index contributed by atoms with van der Waals surface area (Å²) in [5.41, 5.74) is 2.89. The highest BCUT2D eigenvalue weighted by Gasteiger charge is 2.13. The van der Waals surface area contributed by atoms with Crippen molar-refractivity contribution in [1.29, 1.82) is 5.26 Å². The summed E-state index contributed by atoms with van der Waals surface area (Å²) in [6.45, 7) is 6.71. The third-order valence-electron chi connectivity index (χ3n) is 2.99. The normalized spacial score (nSPS) is 10.8. The molecular formula is C16H20N2O2. The van der Waals surface area contributed by atoms with E-state index < -0.39 is 5.97 Å². The Morgan fingerprint density at radius 3 is 2.75 bits per heavy atom. The second kappa shape index (κ2) is 7.34. The van der Waals surface area contributed by atoms with Crippen molar-refractivity contribution < 1.29 is 9.90 Å². The first-order valence-electron chi connectivity index (χ1n) is 6.61. The number of hydrogen-bond acceptors (Lipinski definition) is 3. The number of carbonyl (C=O) groups is 1. The number of carboxylic acid groups (broad SMARTS) is 1. The molecule has 0 atom stereocenters. The fourth-order valence-corrected chi connectivity index (χ4v) is 2.06. The molecule has 1 aromatic carbocycles. The van der Waals surface area contributed by atoms with Gasteiger partial charge in [0.25, 0.3) is 0 Å². The molecule has 0 radical (unpaired) electrons. The van der Waals surface area contributed by atoms with Crippen molar-refractivity contribution in [3.63, 3.8) is 0 Å². The summed E-state index contributed by atoms with van der Waals surface area (Å²) in [4.78, 5) is 12.8. The predicted octanol–water partition coefficient (Wildman–Crippen LogP) is 3.22. The number of carboxylic acids is 1. The molecule has 0 heterocycles. The highest BCUT2D eigenvalue weighted by atomic mass is 16.4. The van der Waals surface area contributed by atoms with E-state index in [1.54, 1.807) is 6.08 Å².